The Hall–Kier alpha value is -4.48. The Morgan fingerprint density at radius 1 is 1.23 bits per heavy atom. The second kappa shape index (κ2) is 8.70. The molecule has 0 atom stereocenters. The molecule has 2 amide bonds. The SMILES string of the molecule is COC(=O)N1CC(c2nc(-c3cc(F)c(C)c(NC(=O)c4cnc5ccc(OC)cn45)c3)no2)C1. The average Bonchev–Trinajstić information content (AvgIpc) is 3.47. The fourth-order valence-electron chi connectivity index (χ4n) is 3.81. The van der Waals surface area contributed by atoms with Crippen LogP contribution in [-0.4, -0.2) is 63.7 Å². The molecule has 1 fully saturated rings. The van der Waals surface area contributed by atoms with Crippen molar-refractivity contribution >= 4 is 23.3 Å². The number of carbonyl (C=O) groups excluding carboxylic acids is 2. The van der Waals surface area contributed by atoms with E-state index in [1.54, 1.807) is 35.7 Å². The molecule has 1 aromatic carbocycles. The highest BCUT2D eigenvalue weighted by Gasteiger charge is 2.36. The Bertz CT molecular complexity index is 1440. The first-order chi connectivity index (χ1) is 16.9. The molecule has 0 aliphatic carbocycles. The van der Waals surface area contributed by atoms with E-state index in [2.05, 4.69) is 25.2 Å². The van der Waals surface area contributed by atoms with Gasteiger partial charge in [-0.15, -0.1) is 0 Å². The lowest BCUT2D eigenvalue weighted by molar-refractivity contribution is 0.0804. The van der Waals surface area contributed by atoms with Gasteiger partial charge in [0.2, 0.25) is 11.7 Å². The van der Waals surface area contributed by atoms with Crippen molar-refractivity contribution in [2.75, 3.05) is 32.6 Å². The van der Waals surface area contributed by atoms with Gasteiger partial charge in [0.1, 0.15) is 22.9 Å². The molecule has 0 bridgehead atoms. The Labute approximate surface area is 198 Å². The minimum absolute atomic E-state index is 0.128. The molecule has 0 radical (unpaired) electrons. The van der Waals surface area contributed by atoms with E-state index in [-0.39, 0.29) is 28.7 Å². The predicted octanol–water partition coefficient (Wildman–Crippen LogP) is 3.26. The fourth-order valence-corrected chi connectivity index (χ4v) is 3.81. The number of fused-ring (bicyclic) bond motifs is 1. The van der Waals surface area contributed by atoms with Crippen molar-refractivity contribution in [1.82, 2.24) is 24.4 Å². The van der Waals surface area contributed by atoms with E-state index in [1.165, 1.54) is 31.4 Å². The van der Waals surface area contributed by atoms with Crippen LogP contribution in [0.25, 0.3) is 17.0 Å². The highest BCUT2D eigenvalue weighted by Crippen LogP contribution is 2.30. The van der Waals surface area contributed by atoms with Crippen LogP contribution in [0.1, 0.15) is 27.9 Å². The third kappa shape index (κ3) is 4.03. The highest BCUT2D eigenvalue weighted by atomic mass is 19.1. The number of halogens is 1. The van der Waals surface area contributed by atoms with Crippen molar-refractivity contribution in [2.45, 2.75) is 12.8 Å². The molecule has 0 unspecified atom stereocenters. The molecule has 180 valence electrons. The number of nitrogens with one attached hydrogen (secondary N) is 1. The molecule has 0 spiro atoms. The third-order valence-corrected chi connectivity index (χ3v) is 5.90. The number of rotatable bonds is 5. The van der Waals surface area contributed by atoms with Gasteiger partial charge in [0, 0.05) is 29.9 Å². The summed E-state index contributed by atoms with van der Waals surface area (Å²) in [7, 11) is 2.84. The van der Waals surface area contributed by atoms with E-state index in [1.807, 2.05) is 0 Å². The number of hydrogen-bond acceptors (Lipinski definition) is 8. The Morgan fingerprint density at radius 2 is 2.03 bits per heavy atom. The van der Waals surface area contributed by atoms with Crippen molar-refractivity contribution in [1.29, 1.82) is 0 Å². The lowest BCUT2D eigenvalue weighted by Crippen LogP contribution is -2.48. The molecular formula is C23H21FN6O5. The maximum atomic E-state index is 14.8. The van der Waals surface area contributed by atoms with Crippen LogP contribution in [0.5, 0.6) is 5.75 Å². The topological polar surface area (TPSA) is 124 Å². The van der Waals surface area contributed by atoms with Crippen molar-refractivity contribution in [3.63, 3.8) is 0 Å². The van der Waals surface area contributed by atoms with Gasteiger partial charge in [0.05, 0.1) is 32.5 Å². The van der Waals surface area contributed by atoms with Gasteiger partial charge in [0.25, 0.3) is 5.91 Å². The Morgan fingerprint density at radius 3 is 2.77 bits per heavy atom. The van der Waals surface area contributed by atoms with Gasteiger partial charge >= 0.3 is 6.09 Å². The number of aromatic nitrogens is 4. The second-order valence-corrected chi connectivity index (χ2v) is 8.05. The molecule has 12 heteroatoms. The van der Waals surface area contributed by atoms with Crippen LogP contribution in [0, 0.1) is 12.7 Å². The van der Waals surface area contributed by atoms with Gasteiger partial charge < -0.3 is 24.2 Å². The molecule has 4 heterocycles. The Kier molecular flexibility index (Phi) is 5.55. The van der Waals surface area contributed by atoms with Crippen molar-refractivity contribution in [3.8, 4) is 17.1 Å². The summed E-state index contributed by atoms with van der Waals surface area (Å²) in [5.74, 6) is -0.0716. The van der Waals surface area contributed by atoms with E-state index >= 15 is 0 Å². The molecule has 1 N–H and O–H groups in total. The number of carbonyl (C=O) groups is 2. The minimum Gasteiger partial charge on any atom is -0.495 e. The van der Waals surface area contributed by atoms with Crippen LogP contribution in [0.4, 0.5) is 14.9 Å². The third-order valence-electron chi connectivity index (χ3n) is 5.90. The van der Waals surface area contributed by atoms with Crippen molar-refractivity contribution in [2.24, 2.45) is 0 Å². The summed E-state index contributed by atoms with van der Waals surface area (Å²) in [4.78, 5) is 34.6. The smallest absolute Gasteiger partial charge is 0.409 e. The number of likely N-dealkylation sites (tertiary alicyclic amines) is 1. The summed E-state index contributed by atoms with van der Waals surface area (Å²) < 4.78 is 31.6. The number of benzene rings is 1. The monoisotopic (exact) mass is 480 g/mol. The van der Waals surface area contributed by atoms with Crippen LogP contribution in [0.2, 0.25) is 0 Å². The molecule has 3 aromatic heterocycles. The van der Waals surface area contributed by atoms with Crippen LogP contribution in [0.15, 0.2) is 41.2 Å². The number of pyridine rings is 1. The van der Waals surface area contributed by atoms with Gasteiger partial charge in [0.15, 0.2) is 0 Å². The molecule has 4 aromatic rings. The molecule has 11 nitrogen and oxygen atoms in total. The number of hydrogen-bond donors (Lipinski definition) is 1. The highest BCUT2D eigenvalue weighted by molar-refractivity contribution is 6.04. The van der Waals surface area contributed by atoms with Gasteiger partial charge in [-0.3, -0.25) is 9.20 Å². The minimum atomic E-state index is -0.538. The first kappa shape index (κ1) is 22.3. The number of amides is 2. The Balaban J connectivity index is 1.38. The number of ether oxygens (including phenoxy) is 2. The van der Waals surface area contributed by atoms with Gasteiger partial charge in [-0.2, -0.15) is 4.98 Å². The zero-order valence-electron chi connectivity index (χ0n) is 19.1. The van der Waals surface area contributed by atoms with Crippen molar-refractivity contribution in [3.05, 3.63) is 59.6 Å². The van der Waals surface area contributed by atoms with E-state index in [4.69, 9.17) is 9.26 Å². The number of anilines is 1. The van der Waals surface area contributed by atoms with Crippen molar-refractivity contribution < 1.29 is 28.0 Å². The molecule has 1 saturated heterocycles. The summed E-state index contributed by atoms with van der Waals surface area (Å²) >= 11 is 0. The zero-order valence-corrected chi connectivity index (χ0v) is 19.1. The summed E-state index contributed by atoms with van der Waals surface area (Å²) in [6.45, 7) is 2.34. The lowest BCUT2D eigenvalue weighted by Gasteiger charge is -2.35. The van der Waals surface area contributed by atoms with Crippen LogP contribution < -0.4 is 10.1 Å². The van der Waals surface area contributed by atoms with E-state index < -0.39 is 17.8 Å². The normalized spacial score (nSPS) is 13.5. The zero-order chi connectivity index (χ0) is 24.7. The van der Waals surface area contributed by atoms with Crippen LogP contribution in [-0.2, 0) is 4.74 Å². The van der Waals surface area contributed by atoms with Gasteiger partial charge in [-0.1, -0.05) is 5.16 Å². The lowest BCUT2D eigenvalue weighted by atomic mass is 10.0. The molecule has 35 heavy (non-hydrogen) atoms. The summed E-state index contributed by atoms with van der Waals surface area (Å²) in [5.41, 5.74) is 1.67. The maximum absolute atomic E-state index is 14.8. The quantitative estimate of drug-likeness (QED) is 0.462. The standard InChI is InChI=1S/C23H21FN6O5/c1-12-16(24)6-13(20-27-22(35-28-20)14-9-29(10-14)23(32)34-3)7-17(12)26-21(31)18-8-25-19-5-4-15(33-2)11-30(18)19/h4-8,11,14H,9-10H2,1-3H3,(H,26,31). The first-order valence-corrected chi connectivity index (χ1v) is 10.7. The number of nitrogens with zero attached hydrogens (tertiary/aromatic N) is 5. The largest absolute Gasteiger partial charge is 0.495 e. The molecule has 1 aliphatic rings. The maximum Gasteiger partial charge on any atom is 0.409 e. The predicted molar refractivity (Wildman–Crippen MR) is 121 cm³/mol. The molecular weight excluding hydrogens is 459 g/mol. The van der Waals surface area contributed by atoms with Crippen LogP contribution in [0.3, 0.4) is 0 Å². The number of methoxy groups -OCH3 is 2. The fraction of sp³-hybridized carbons (Fsp3) is 0.261. The molecule has 1 aliphatic heterocycles. The van der Waals surface area contributed by atoms with E-state index in [0.717, 1.165) is 0 Å². The molecule has 5 rings (SSSR count). The summed E-state index contributed by atoms with van der Waals surface area (Å²) in [5, 5.41) is 6.70. The molecule has 0 saturated carbocycles. The van der Waals surface area contributed by atoms with E-state index in [9.17, 15) is 14.0 Å². The number of imidazole rings is 1. The summed E-state index contributed by atoms with van der Waals surface area (Å²) in [6, 6.07) is 6.32. The van der Waals surface area contributed by atoms with Gasteiger partial charge in [-0.05, 0) is 31.2 Å². The van der Waals surface area contributed by atoms with Crippen LogP contribution >= 0.6 is 0 Å². The first-order valence-electron chi connectivity index (χ1n) is 10.7. The van der Waals surface area contributed by atoms with Gasteiger partial charge in [-0.25, -0.2) is 14.2 Å². The second-order valence-electron chi connectivity index (χ2n) is 8.05. The van der Waals surface area contributed by atoms with E-state index in [0.29, 0.717) is 35.9 Å². The average molecular weight is 480 g/mol. The summed E-state index contributed by atoms with van der Waals surface area (Å²) in [6.07, 6.45) is 2.65.